The van der Waals surface area contributed by atoms with Gasteiger partial charge in [0.05, 0.1) is 18.1 Å². The number of nitrogens with one attached hydrogen (secondary N) is 2. The Labute approximate surface area is 255 Å². The van der Waals surface area contributed by atoms with Crippen molar-refractivity contribution >= 4 is 23.9 Å². The number of esters is 2. The molecule has 4 N–H and O–H groups in total. The molecular formula is C32H51N3O8. The number of ether oxygens (including phenoxy) is 2. The topological polar surface area (TPSA) is 154 Å². The number of hydrogen-bond acceptors (Lipinski definition) is 9. The van der Waals surface area contributed by atoms with Gasteiger partial charge in [-0.2, -0.15) is 0 Å². The van der Waals surface area contributed by atoms with Crippen molar-refractivity contribution in [3.8, 4) is 0 Å². The van der Waals surface area contributed by atoms with E-state index in [1.165, 1.54) is 0 Å². The molecule has 0 spiro atoms. The summed E-state index contributed by atoms with van der Waals surface area (Å²) in [6.07, 6.45) is -1.62. The van der Waals surface area contributed by atoms with E-state index in [-0.39, 0.29) is 24.2 Å². The fourth-order valence-corrected chi connectivity index (χ4v) is 5.30. The first-order chi connectivity index (χ1) is 20.0. The van der Waals surface area contributed by atoms with Crippen LogP contribution in [0.15, 0.2) is 30.3 Å². The molecule has 1 aromatic rings. The highest BCUT2D eigenvalue weighted by Gasteiger charge is 2.44. The zero-order valence-corrected chi connectivity index (χ0v) is 26.8. The maximum Gasteiger partial charge on any atom is 0.407 e. The number of carbonyl (C=O) groups is 4. The van der Waals surface area contributed by atoms with Crippen molar-refractivity contribution in [2.45, 2.75) is 123 Å². The Bertz CT molecular complexity index is 1070. The van der Waals surface area contributed by atoms with Crippen molar-refractivity contribution in [3.05, 3.63) is 35.9 Å². The fourth-order valence-electron chi connectivity index (χ4n) is 5.30. The van der Waals surface area contributed by atoms with Crippen LogP contribution >= 0.6 is 0 Å². The minimum absolute atomic E-state index is 0.193. The zero-order chi connectivity index (χ0) is 32.5. The number of carbonyl (C=O) groups excluding carboxylic acids is 4. The number of rotatable bonds is 13. The molecule has 0 saturated carbocycles. The molecule has 0 unspecified atom stereocenters. The Morgan fingerprint density at radius 2 is 1.67 bits per heavy atom. The summed E-state index contributed by atoms with van der Waals surface area (Å²) in [5.74, 6) is -2.27. The van der Waals surface area contributed by atoms with Crippen LogP contribution in [-0.2, 0) is 30.3 Å². The number of benzene rings is 1. The van der Waals surface area contributed by atoms with Gasteiger partial charge in [-0.3, -0.25) is 14.9 Å². The second kappa shape index (κ2) is 16.2. The Balaban J connectivity index is 2.31. The van der Waals surface area contributed by atoms with Crippen LogP contribution in [0.2, 0.25) is 0 Å². The van der Waals surface area contributed by atoms with Crippen LogP contribution in [0, 0.1) is 11.8 Å². The molecule has 1 heterocycles. The van der Waals surface area contributed by atoms with Gasteiger partial charge in [-0.25, -0.2) is 9.59 Å². The third-order valence-electron chi connectivity index (χ3n) is 7.74. The van der Waals surface area contributed by atoms with Gasteiger partial charge in [0.2, 0.25) is 5.91 Å². The third-order valence-corrected chi connectivity index (χ3v) is 7.74. The number of amides is 2. The average Bonchev–Trinajstić information content (AvgIpc) is 3.40. The highest BCUT2D eigenvalue weighted by atomic mass is 16.6. The first-order valence-electron chi connectivity index (χ1n) is 15.2. The highest BCUT2D eigenvalue weighted by Crippen LogP contribution is 2.27. The maximum absolute atomic E-state index is 14.0. The van der Waals surface area contributed by atoms with Gasteiger partial charge in [-0.15, -0.1) is 0 Å². The summed E-state index contributed by atoms with van der Waals surface area (Å²) < 4.78 is 10.3. The largest absolute Gasteiger partial charge is 0.444 e. The number of hydrogen-bond donors (Lipinski definition) is 4. The van der Waals surface area contributed by atoms with Gasteiger partial charge in [0.1, 0.15) is 23.9 Å². The fraction of sp³-hybridized carbons (Fsp3) is 0.688. The molecule has 2 rings (SSSR count). The molecule has 1 aromatic carbocycles. The van der Waals surface area contributed by atoms with E-state index in [1.807, 2.05) is 44.2 Å². The second-order valence-electron chi connectivity index (χ2n) is 12.8. The molecule has 0 aliphatic carbocycles. The van der Waals surface area contributed by atoms with Crippen LogP contribution in [0.5, 0.6) is 0 Å². The number of aliphatic hydroxyl groups is 2. The number of alkyl carbamates (subject to hydrolysis) is 1. The molecule has 2 amide bonds. The first-order valence-corrected chi connectivity index (χ1v) is 15.2. The third kappa shape index (κ3) is 10.9. The van der Waals surface area contributed by atoms with Gasteiger partial charge in [-0.1, -0.05) is 64.4 Å². The zero-order valence-electron chi connectivity index (χ0n) is 26.8. The van der Waals surface area contributed by atoms with Crippen molar-refractivity contribution in [2.24, 2.45) is 11.8 Å². The summed E-state index contributed by atoms with van der Waals surface area (Å²) in [6.45, 7) is 14.1. The number of nitrogens with zero attached hydrogens (tertiary/aromatic N) is 1. The predicted molar refractivity (Wildman–Crippen MR) is 162 cm³/mol. The molecule has 11 heteroatoms. The Morgan fingerprint density at radius 3 is 2.21 bits per heavy atom. The standard InChI is InChI=1S/C32H51N3O8/c1-9-20(4)26(34-25(19(2)3)30(40)42-21(5)36)29(39)35-17-13-16-24(35)28(38)27(37)23(18-22-14-11-10-12-15-22)33-31(41)43-32(6,7)8/h10-12,14-15,19-20,23-28,34,37-38H,9,13,16-18H2,1-8H3,(H,33,41)/t20-,23-,24-,25-,26-,27-,28-/m0/s1. The Morgan fingerprint density at radius 1 is 1.05 bits per heavy atom. The van der Waals surface area contributed by atoms with Gasteiger partial charge >= 0.3 is 18.0 Å². The summed E-state index contributed by atoms with van der Waals surface area (Å²) in [6, 6.07) is 5.93. The molecule has 7 atom stereocenters. The molecule has 0 aromatic heterocycles. The van der Waals surface area contributed by atoms with Gasteiger partial charge in [0, 0.05) is 13.5 Å². The lowest BCUT2D eigenvalue weighted by Crippen LogP contribution is -2.60. The van der Waals surface area contributed by atoms with Crippen molar-refractivity contribution < 1.29 is 38.9 Å². The Kier molecular flexibility index (Phi) is 13.6. The van der Waals surface area contributed by atoms with Crippen molar-refractivity contribution in [1.82, 2.24) is 15.5 Å². The Hall–Kier alpha value is -3.02. The first kappa shape index (κ1) is 36.2. The van der Waals surface area contributed by atoms with Crippen LogP contribution in [-0.4, -0.2) is 87.6 Å². The van der Waals surface area contributed by atoms with Gasteiger partial charge in [-0.05, 0) is 57.4 Å². The van der Waals surface area contributed by atoms with Crippen molar-refractivity contribution in [1.29, 1.82) is 0 Å². The molecule has 11 nitrogen and oxygen atoms in total. The smallest absolute Gasteiger partial charge is 0.407 e. The van der Waals surface area contributed by atoms with Crippen molar-refractivity contribution in [2.75, 3.05) is 6.54 Å². The summed E-state index contributed by atoms with van der Waals surface area (Å²) in [7, 11) is 0. The molecular weight excluding hydrogens is 554 g/mol. The van der Waals surface area contributed by atoms with Gasteiger partial charge < -0.3 is 29.9 Å². The van der Waals surface area contributed by atoms with E-state index in [9.17, 15) is 29.4 Å². The molecule has 0 bridgehead atoms. The van der Waals surface area contributed by atoms with Crippen LogP contribution in [0.3, 0.4) is 0 Å². The number of likely N-dealkylation sites (tertiary alicyclic amines) is 1. The normalized spacial score (nSPS) is 19.6. The summed E-state index contributed by atoms with van der Waals surface area (Å²) in [4.78, 5) is 52.5. The second-order valence-corrected chi connectivity index (χ2v) is 12.8. The molecule has 1 fully saturated rings. The van der Waals surface area contributed by atoms with E-state index < -0.39 is 60.0 Å². The van der Waals surface area contributed by atoms with Crippen molar-refractivity contribution in [3.63, 3.8) is 0 Å². The lowest BCUT2D eigenvalue weighted by molar-refractivity contribution is -0.160. The van der Waals surface area contributed by atoms with E-state index in [4.69, 9.17) is 9.47 Å². The average molecular weight is 606 g/mol. The minimum atomic E-state index is -1.42. The van der Waals surface area contributed by atoms with E-state index in [0.717, 1.165) is 12.5 Å². The van der Waals surface area contributed by atoms with Crippen LogP contribution in [0.4, 0.5) is 4.79 Å². The van der Waals surface area contributed by atoms with Gasteiger partial charge in [0.25, 0.3) is 0 Å². The lowest BCUT2D eigenvalue weighted by Gasteiger charge is -2.38. The molecule has 1 aliphatic rings. The summed E-state index contributed by atoms with van der Waals surface area (Å²) in [5.41, 5.74) is 0.0785. The minimum Gasteiger partial charge on any atom is -0.444 e. The van der Waals surface area contributed by atoms with Crippen LogP contribution in [0.25, 0.3) is 0 Å². The predicted octanol–water partition coefficient (Wildman–Crippen LogP) is 2.95. The van der Waals surface area contributed by atoms with Crippen LogP contribution < -0.4 is 10.6 Å². The van der Waals surface area contributed by atoms with Gasteiger partial charge in [0.15, 0.2) is 0 Å². The molecule has 43 heavy (non-hydrogen) atoms. The van der Waals surface area contributed by atoms with Crippen LogP contribution in [0.1, 0.15) is 80.2 Å². The molecule has 242 valence electrons. The van der Waals surface area contributed by atoms with E-state index in [0.29, 0.717) is 25.8 Å². The SMILES string of the molecule is CC[C@H](C)[C@H](N[C@H](C(=O)OC(C)=O)C(C)C)C(=O)N1CCC[C@H]1[C@H](O)[C@@H](O)[C@H](Cc1ccccc1)NC(=O)OC(C)(C)C. The molecule has 1 saturated heterocycles. The lowest BCUT2D eigenvalue weighted by atomic mass is 9.91. The quantitative estimate of drug-likeness (QED) is 0.196. The van der Waals surface area contributed by atoms with E-state index in [1.54, 1.807) is 39.5 Å². The summed E-state index contributed by atoms with van der Waals surface area (Å²) in [5, 5.41) is 28.8. The molecule has 1 aliphatic heterocycles. The molecule has 0 radical (unpaired) electrons. The maximum atomic E-state index is 14.0. The summed E-state index contributed by atoms with van der Waals surface area (Å²) >= 11 is 0. The highest BCUT2D eigenvalue weighted by molar-refractivity contribution is 5.89. The monoisotopic (exact) mass is 605 g/mol. The van der Waals surface area contributed by atoms with E-state index in [2.05, 4.69) is 10.6 Å². The number of aliphatic hydroxyl groups excluding tert-OH is 2. The van der Waals surface area contributed by atoms with E-state index >= 15 is 0 Å².